The summed E-state index contributed by atoms with van der Waals surface area (Å²) in [6.07, 6.45) is 2.20. The molecule has 0 spiro atoms. The number of hydrogen-bond acceptors (Lipinski definition) is 4. The number of nitrogens with one attached hydrogen (secondary N) is 1. The van der Waals surface area contributed by atoms with E-state index >= 15 is 0 Å². The average Bonchev–Trinajstić information content (AvgIpc) is 3.25. The van der Waals surface area contributed by atoms with Gasteiger partial charge in [0.1, 0.15) is 0 Å². The molecule has 1 aromatic heterocycles. The SMILES string of the molecule is O=C(NCc1ccccc1CN1CCCC1CO)c1cccs1. The second-order valence-corrected chi connectivity index (χ2v) is 6.83. The molecule has 1 amide bonds. The van der Waals surface area contributed by atoms with E-state index in [1.807, 2.05) is 29.6 Å². The number of hydrogen-bond donors (Lipinski definition) is 2. The highest BCUT2D eigenvalue weighted by molar-refractivity contribution is 7.12. The number of rotatable bonds is 6. The number of benzene rings is 1. The lowest BCUT2D eigenvalue weighted by molar-refractivity contribution is 0.0954. The summed E-state index contributed by atoms with van der Waals surface area (Å²) in [5.41, 5.74) is 2.36. The van der Waals surface area contributed by atoms with Gasteiger partial charge in [0.2, 0.25) is 0 Å². The van der Waals surface area contributed by atoms with Gasteiger partial charge in [0.15, 0.2) is 0 Å². The summed E-state index contributed by atoms with van der Waals surface area (Å²) in [4.78, 5) is 15.2. The van der Waals surface area contributed by atoms with E-state index in [1.54, 1.807) is 0 Å². The number of thiophene rings is 1. The van der Waals surface area contributed by atoms with Crippen molar-refractivity contribution in [3.05, 3.63) is 57.8 Å². The number of aliphatic hydroxyl groups is 1. The largest absolute Gasteiger partial charge is 0.395 e. The molecule has 0 aliphatic carbocycles. The Hall–Kier alpha value is -1.69. The van der Waals surface area contributed by atoms with Gasteiger partial charge in [0.05, 0.1) is 11.5 Å². The number of aliphatic hydroxyl groups excluding tert-OH is 1. The molecule has 0 bridgehead atoms. The lowest BCUT2D eigenvalue weighted by Gasteiger charge is -2.24. The molecule has 2 heterocycles. The van der Waals surface area contributed by atoms with Crippen LogP contribution in [0.25, 0.3) is 0 Å². The Bertz CT molecular complexity index is 642. The van der Waals surface area contributed by atoms with Gasteiger partial charge in [0, 0.05) is 19.1 Å². The zero-order valence-corrected chi connectivity index (χ0v) is 13.9. The Labute approximate surface area is 140 Å². The van der Waals surface area contributed by atoms with Gasteiger partial charge < -0.3 is 10.4 Å². The summed E-state index contributed by atoms with van der Waals surface area (Å²) in [6, 6.07) is 12.2. The third-order valence-electron chi connectivity index (χ3n) is 4.39. The van der Waals surface area contributed by atoms with Crippen LogP contribution in [0.5, 0.6) is 0 Å². The van der Waals surface area contributed by atoms with Gasteiger partial charge in [-0.3, -0.25) is 9.69 Å². The molecule has 122 valence electrons. The molecule has 0 radical (unpaired) electrons. The zero-order chi connectivity index (χ0) is 16.1. The van der Waals surface area contributed by atoms with Gasteiger partial charge in [0.25, 0.3) is 5.91 Å². The van der Waals surface area contributed by atoms with Crippen molar-refractivity contribution >= 4 is 17.2 Å². The standard InChI is InChI=1S/C18H22N2O2S/c21-13-16-7-3-9-20(16)12-15-6-2-1-5-14(15)11-19-18(22)17-8-4-10-23-17/h1-2,4-6,8,10,16,21H,3,7,9,11-13H2,(H,19,22). The van der Waals surface area contributed by atoms with Crippen molar-refractivity contribution in [3.8, 4) is 0 Å². The predicted molar refractivity (Wildman–Crippen MR) is 92.4 cm³/mol. The van der Waals surface area contributed by atoms with Crippen molar-refractivity contribution in [3.63, 3.8) is 0 Å². The Morgan fingerprint density at radius 1 is 1.26 bits per heavy atom. The Balaban J connectivity index is 1.65. The molecule has 1 saturated heterocycles. The summed E-state index contributed by atoms with van der Waals surface area (Å²) in [5.74, 6) is -0.0239. The van der Waals surface area contributed by atoms with E-state index in [0.29, 0.717) is 6.54 Å². The smallest absolute Gasteiger partial charge is 0.261 e. The van der Waals surface area contributed by atoms with E-state index in [9.17, 15) is 9.90 Å². The van der Waals surface area contributed by atoms with Crippen LogP contribution in [0.4, 0.5) is 0 Å². The third-order valence-corrected chi connectivity index (χ3v) is 5.25. The first-order valence-electron chi connectivity index (χ1n) is 8.01. The number of carbonyl (C=O) groups is 1. The van der Waals surface area contributed by atoms with Crippen molar-refractivity contribution in [2.24, 2.45) is 0 Å². The molecule has 1 aliphatic heterocycles. The fourth-order valence-electron chi connectivity index (χ4n) is 3.08. The van der Waals surface area contributed by atoms with Crippen LogP contribution in [0.1, 0.15) is 33.6 Å². The minimum absolute atomic E-state index is 0.0239. The molecule has 2 aromatic rings. The van der Waals surface area contributed by atoms with Gasteiger partial charge in [-0.05, 0) is 42.0 Å². The van der Waals surface area contributed by atoms with Crippen molar-refractivity contribution in [1.82, 2.24) is 10.2 Å². The maximum Gasteiger partial charge on any atom is 0.261 e. The lowest BCUT2D eigenvalue weighted by atomic mass is 10.1. The topological polar surface area (TPSA) is 52.6 Å². The van der Waals surface area contributed by atoms with Crippen LogP contribution in [0.2, 0.25) is 0 Å². The van der Waals surface area contributed by atoms with Gasteiger partial charge in [-0.1, -0.05) is 30.3 Å². The second kappa shape index (κ2) is 7.73. The maximum atomic E-state index is 12.1. The van der Waals surface area contributed by atoms with Crippen LogP contribution in [0.3, 0.4) is 0 Å². The maximum absolute atomic E-state index is 12.1. The second-order valence-electron chi connectivity index (χ2n) is 5.88. The third kappa shape index (κ3) is 3.99. The molecule has 23 heavy (non-hydrogen) atoms. The van der Waals surface area contributed by atoms with Gasteiger partial charge in [-0.2, -0.15) is 0 Å². The summed E-state index contributed by atoms with van der Waals surface area (Å²) in [7, 11) is 0. The van der Waals surface area contributed by atoms with Crippen LogP contribution < -0.4 is 5.32 Å². The van der Waals surface area contributed by atoms with E-state index in [2.05, 4.69) is 22.3 Å². The van der Waals surface area contributed by atoms with Crippen molar-refractivity contribution < 1.29 is 9.90 Å². The number of amides is 1. The van der Waals surface area contributed by atoms with Crippen LogP contribution in [0.15, 0.2) is 41.8 Å². The van der Waals surface area contributed by atoms with E-state index in [1.165, 1.54) is 16.9 Å². The Morgan fingerprint density at radius 2 is 2.09 bits per heavy atom. The van der Waals surface area contributed by atoms with Crippen LogP contribution in [0, 0.1) is 0 Å². The summed E-state index contributed by atoms with van der Waals surface area (Å²) >= 11 is 1.45. The molecule has 2 N–H and O–H groups in total. The van der Waals surface area contributed by atoms with Gasteiger partial charge in [-0.15, -0.1) is 11.3 Å². The first-order chi connectivity index (χ1) is 11.3. The first kappa shape index (κ1) is 16.2. The minimum atomic E-state index is -0.0239. The summed E-state index contributed by atoms with van der Waals surface area (Å²) < 4.78 is 0. The Morgan fingerprint density at radius 3 is 2.83 bits per heavy atom. The van der Waals surface area contributed by atoms with Crippen molar-refractivity contribution in [2.45, 2.75) is 32.0 Å². The number of likely N-dealkylation sites (tertiary alicyclic amines) is 1. The fourth-order valence-corrected chi connectivity index (χ4v) is 3.72. The monoisotopic (exact) mass is 330 g/mol. The first-order valence-corrected chi connectivity index (χ1v) is 8.89. The average molecular weight is 330 g/mol. The molecule has 4 nitrogen and oxygen atoms in total. The molecule has 1 unspecified atom stereocenters. The molecule has 1 fully saturated rings. The van der Waals surface area contributed by atoms with Gasteiger partial charge >= 0.3 is 0 Å². The number of nitrogens with zero attached hydrogens (tertiary/aromatic N) is 1. The van der Waals surface area contributed by atoms with E-state index in [-0.39, 0.29) is 18.6 Å². The highest BCUT2D eigenvalue weighted by atomic mass is 32.1. The molecular formula is C18H22N2O2S. The normalized spacial score (nSPS) is 18.2. The quantitative estimate of drug-likeness (QED) is 0.856. The van der Waals surface area contributed by atoms with Crippen molar-refractivity contribution in [1.29, 1.82) is 0 Å². The molecule has 3 rings (SSSR count). The summed E-state index contributed by atoms with van der Waals surface area (Å²) in [5, 5.41) is 14.4. The van der Waals surface area contributed by atoms with Crippen molar-refractivity contribution in [2.75, 3.05) is 13.2 Å². The predicted octanol–water partition coefficient (Wildman–Crippen LogP) is 2.63. The molecule has 5 heteroatoms. The van der Waals surface area contributed by atoms with E-state index in [4.69, 9.17) is 0 Å². The number of carbonyl (C=O) groups excluding carboxylic acids is 1. The molecule has 1 atom stereocenters. The molecule has 0 saturated carbocycles. The van der Waals surface area contributed by atoms with Crippen LogP contribution in [-0.2, 0) is 13.1 Å². The lowest BCUT2D eigenvalue weighted by Crippen LogP contribution is -2.32. The van der Waals surface area contributed by atoms with Crippen LogP contribution >= 0.6 is 11.3 Å². The van der Waals surface area contributed by atoms with Gasteiger partial charge in [-0.25, -0.2) is 0 Å². The highest BCUT2D eigenvalue weighted by Crippen LogP contribution is 2.21. The zero-order valence-electron chi connectivity index (χ0n) is 13.1. The molecular weight excluding hydrogens is 308 g/mol. The molecule has 1 aromatic carbocycles. The van der Waals surface area contributed by atoms with E-state index in [0.717, 1.165) is 36.4 Å². The Kier molecular flexibility index (Phi) is 5.43. The summed E-state index contributed by atoms with van der Waals surface area (Å²) in [6.45, 7) is 2.61. The fraction of sp³-hybridized carbons (Fsp3) is 0.389. The minimum Gasteiger partial charge on any atom is -0.395 e. The highest BCUT2D eigenvalue weighted by Gasteiger charge is 2.24. The molecule has 1 aliphatic rings. The van der Waals surface area contributed by atoms with Crippen LogP contribution in [-0.4, -0.2) is 35.1 Å². The van der Waals surface area contributed by atoms with E-state index < -0.39 is 0 Å².